The summed E-state index contributed by atoms with van der Waals surface area (Å²) in [5.74, 6) is -0.161. The molecule has 0 aliphatic rings. The van der Waals surface area contributed by atoms with Crippen molar-refractivity contribution in [2.45, 2.75) is 32.9 Å². The van der Waals surface area contributed by atoms with Gasteiger partial charge >= 0.3 is 6.18 Å². The molecule has 0 saturated heterocycles. The van der Waals surface area contributed by atoms with Gasteiger partial charge in [-0.15, -0.1) is 0 Å². The van der Waals surface area contributed by atoms with E-state index >= 15 is 4.39 Å². The SMILES string of the molecule is CCOc1c([C@H](C)c2nc(Cl)c3c(N)nccn23)cc(C)c(F)c1-c1ccc(C(F)(F)F)nc1. The number of halogens is 5. The van der Waals surface area contributed by atoms with E-state index in [-0.39, 0.29) is 40.0 Å². The normalized spacial score (nSPS) is 12.8. The van der Waals surface area contributed by atoms with Crippen LogP contribution in [-0.4, -0.2) is 26.0 Å². The molecule has 3 aromatic heterocycles. The number of hydrogen-bond donors (Lipinski definition) is 1. The Hall–Kier alpha value is -3.40. The van der Waals surface area contributed by atoms with Crippen molar-refractivity contribution in [2.24, 2.45) is 0 Å². The second-order valence-corrected chi connectivity index (χ2v) is 8.04. The summed E-state index contributed by atoms with van der Waals surface area (Å²) in [6, 6.07) is 3.62. The van der Waals surface area contributed by atoms with Crippen molar-refractivity contribution in [3.05, 3.63) is 70.4 Å². The van der Waals surface area contributed by atoms with E-state index in [2.05, 4.69) is 15.0 Å². The van der Waals surface area contributed by atoms with Crippen LogP contribution in [0.3, 0.4) is 0 Å². The monoisotopic (exact) mass is 493 g/mol. The molecular formula is C23H20ClF4N5O. The number of anilines is 1. The molecule has 0 amide bonds. The Morgan fingerprint density at radius 2 is 1.97 bits per heavy atom. The highest BCUT2D eigenvalue weighted by molar-refractivity contribution is 6.33. The molecule has 4 rings (SSSR count). The molecule has 0 bridgehead atoms. The van der Waals surface area contributed by atoms with Crippen LogP contribution in [-0.2, 0) is 6.18 Å². The number of hydrogen-bond acceptors (Lipinski definition) is 5. The fourth-order valence-electron chi connectivity index (χ4n) is 3.88. The zero-order valence-electron chi connectivity index (χ0n) is 18.4. The molecule has 0 unspecified atom stereocenters. The van der Waals surface area contributed by atoms with Gasteiger partial charge in [-0.1, -0.05) is 24.6 Å². The fraction of sp³-hybridized carbons (Fsp3) is 0.261. The number of nitrogens with zero attached hydrogens (tertiary/aromatic N) is 4. The Morgan fingerprint density at radius 1 is 1.24 bits per heavy atom. The molecule has 3 heterocycles. The molecular weight excluding hydrogens is 474 g/mol. The maximum Gasteiger partial charge on any atom is 0.433 e. The van der Waals surface area contributed by atoms with Crippen LogP contribution in [0, 0.1) is 12.7 Å². The van der Waals surface area contributed by atoms with Gasteiger partial charge < -0.3 is 10.5 Å². The largest absolute Gasteiger partial charge is 0.493 e. The van der Waals surface area contributed by atoms with E-state index in [1.807, 2.05) is 6.92 Å². The summed E-state index contributed by atoms with van der Waals surface area (Å²) in [6.45, 7) is 5.34. The van der Waals surface area contributed by atoms with Gasteiger partial charge in [-0.3, -0.25) is 9.38 Å². The molecule has 0 aliphatic carbocycles. The van der Waals surface area contributed by atoms with Crippen LogP contribution in [0.1, 0.15) is 42.4 Å². The molecule has 11 heteroatoms. The van der Waals surface area contributed by atoms with Crippen LogP contribution >= 0.6 is 11.6 Å². The van der Waals surface area contributed by atoms with Crippen LogP contribution in [0.4, 0.5) is 23.4 Å². The van der Waals surface area contributed by atoms with Crippen molar-refractivity contribution in [1.29, 1.82) is 0 Å². The van der Waals surface area contributed by atoms with E-state index in [0.717, 1.165) is 12.3 Å². The summed E-state index contributed by atoms with van der Waals surface area (Å²) in [5, 5.41) is 0.163. The lowest BCUT2D eigenvalue weighted by atomic mass is 9.91. The minimum absolute atomic E-state index is 0.0260. The average Bonchev–Trinajstić information content (AvgIpc) is 3.13. The number of alkyl halides is 3. The van der Waals surface area contributed by atoms with Crippen LogP contribution in [0.25, 0.3) is 16.6 Å². The smallest absolute Gasteiger partial charge is 0.433 e. The molecule has 0 aliphatic heterocycles. The maximum atomic E-state index is 15.4. The highest BCUT2D eigenvalue weighted by atomic mass is 35.5. The number of aryl methyl sites for hydroxylation is 1. The van der Waals surface area contributed by atoms with Crippen LogP contribution in [0.5, 0.6) is 5.75 Å². The zero-order chi connectivity index (χ0) is 24.8. The highest BCUT2D eigenvalue weighted by Crippen LogP contribution is 2.43. The van der Waals surface area contributed by atoms with Gasteiger partial charge in [-0.2, -0.15) is 13.2 Å². The summed E-state index contributed by atoms with van der Waals surface area (Å²) in [7, 11) is 0. The molecule has 6 nitrogen and oxygen atoms in total. The number of imidazole rings is 1. The lowest BCUT2D eigenvalue weighted by molar-refractivity contribution is -0.141. The first-order valence-corrected chi connectivity index (χ1v) is 10.7. The lowest BCUT2D eigenvalue weighted by Gasteiger charge is -2.21. The maximum absolute atomic E-state index is 15.4. The Kier molecular flexibility index (Phi) is 6.11. The number of aromatic nitrogens is 4. The van der Waals surface area contributed by atoms with Gasteiger partial charge in [0, 0.05) is 35.6 Å². The standard InChI is InChI=1S/C23H20ClF4N5O/c1-4-34-19-14(12(3)22-32-20(24)18-21(29)30-7-8-33(18)22)9-11(2)17(25)16(19)13-5-6-15(31-10-13)23(26,27)28/h5-10,12H,4H2,1-3H3,(H2,29,30)/t12-/m0/s1. The van der Waals surface area contributed by atoms with Gasteiger partial charge in [0.15, 0.2) is 11.0 Å². The third kappa shape index (κ3) is 4.02. The zero-order valence-corrected chi connectivity index (χ0v) is 19.2. The van der Waals surface area contributed by atoms with Crippen LogP contribution < -0.4 is 10.5 Å². The van der Waals surface area contributed by atoms with Gasteiger partial charge in [0.05, 0.1) is 12.2 Å². The lowest BCUT2D eigenvalue weighted by Crippen LogP contribution is -2.10. The molecule has 0 fully saturated rings. The summed E-state index contributed by atoms with van der Waals surface area (Å²) in [6.07, 6.45) is -0.446. The number of nitrogens with two attached hydrogens (primary N) is 1. The summed E-state index contributed by atoms with van der Waals surface area (Å²) in [5.41, 5.74) is 6.37. The van der Waals surface area contributed by atoms with Crippen LogP contribution in [0.15, 0.2) is 36.8 Å². The van der Waals surface area contributed by atoms with E-state index in [9.17, 15) is 13.2 Å². The second kappa shape index (κ2) is 8.75. The molecule has 1 atom stereocenters. The summed E-state index contributed by atoms with van der Waals surface area (Å²) >= 11 is 6.31. The number of nitrogen functional groups attached to an aromatic ring is 1. The van der Waals surface area contributed by atoms with Gasteiger partial charge in [0.2, 0.25) is 0 Å². The summed E-state index contributed by atoms with van der Waals surface area (Å²) in [4.78, 5) is 12.0. The molecule has 0 radical (unpaired) electrons. The quantitative estimate of drug-likeness (QED) is 0.343. The number of ether oxygens (including phenoxy) is 1. The van der Waals surface area contributed by atoms with E-state index < -0.39 is 23.6 Å². The van der Waals surface area contributed by atoms with E-state index in [0.29, 0.717) is 16.9 Å². The number of pyridine rings is 1. The topological polar surface area (TPSA) is 78.3 Å². The van der Waals surface area contributed by atoms with Gasteiger partial charge in [0.25, 0.3) is 0 Å². The highest BCUT2D eigenvalue weighted by Gasteiger charge is 2.33. The fourth-order valence-corrected chi connectivity index (χ4v) is 4.15. The van der Waals surface area contributed by atoms with Gasteiger partial charge in [-0.05, 0) is 31.5 Å². The van der Waals surface area contributed by atoms with Crippen molar-refractivity contribution in [3.8, 4) is 16.9 Å². The molecule has 178 valence electrons. The first-order chi connectivity index (χ1) is 16.0. The third-order valence-corrected chi connectivity index (χ3v) is 5.74. The Bertz CT molecular complexity index is 1370. The van der Waals surface area contributed by atoms with E-state index in [1.165, 1.54) is 12.3 Å². The van der Waals surface area contributed by atoms with Crippen molar-refractivity contribution < 1.29 is 22.3 Å². The minimum Gasteiger partial charge on any atom is -0.493 e. The Balaban J connectivity index is 1.93. The number of benzene rings is 1. The molecule has 2 N–H and O–H groups in total. The Morgan fingerprint density at radius 3 is 2.59 bits per heavy atom. The first-order valence-electron chi connectivity index (χ1n) is 10.3. The second-order valence-electron chi connectivity index (χ2n) is 7.68. The minimum atomic E-state index is -4.61. The van der Waals surface area contributed by atoms with Crippen molar-refractivity contribution >= 4 is 22.9 Å². The predicted octanol–water partition coefficient (Wildman–Crippen LogP) is 6.04. The van der Waals surface area contributed by atoms with E-state index in [4.69, 9.17) is 22.1 Å². The first kappa shape index (κ1) is 23.7. The average molecular weight is 494 g/mol. The molecule has 4 aromatic rings. The van der Waals surface area contributed by atoms with Crippen LogP contribution in [0.2, 0.25) is 5.15 Å². The van der Waals surface area contributed by atoms with Crippen molar-refractivity contribution in [2.75, 3.05) is 12.3 Å². The molecule has 0 spiro atoms. The Labute approximate surface area is 197 Å². The predicted molar refractivity (Wildman–Crippen MR) is 120 cm³/mol. The van der Waals surface area contributed by atoms with Gasteiger partial charge in [0.1, 0.15) is 28.6 Å². The van der Waals surface area contributed by atoms with E-state index in [1.54, 1.807) is 30.5 Å². The molecule has 0 saturated carbocycles. The van der Waals surface area contributed by atoms with Gasteiger partial charge in [-0.25, -0.2) is 14.4 Å². The number of rotatable bonds is 5. The summed E-state index contributed by atoms with van der Waals surface area (Å²) < 4.78 is 61.9. The number of fused-ring (bicyclic) bond motifs is 1. The molecule has 34 heavy (non-hydrogen) atoms. The molecule has 1 aromatic carbocycles. The third-order valence-electron chi connectivity index (χ3n) is 5.48. The van der Waals surface area contributed by atoms with Crippen molar-refractivity contribution in [3.63, 3.8) is 0 Å². The van der Waals surface area contributed by atoms with Crippen molar-refractivity contribution in [1.82, 2.24) is 19.4 Å².